The minimum Gasteiger partial charge on any atom is -0.367 e. The zero-order valence-corrected chi connectivity index (χ0v) is 9.36. The van der Waals surface area contributed by atoms with Gasteiger partial charge < -0.3 is 15.6 Å². The van der Waals surface area contributed by atoms with Crippen LogP contribution in [0.15, 0.2) is 0 Å². The van der Waals surface area contributed by atoms with Crippen LogP contribution in [-0.2, 0) is 4.74 Å². The maximum absolute atomic E-state index is 9.48. The second-order valence-electron chi connectivity index (χ2n) is 4.12. The molecule has 0 aliphatic carbocycles. The van der Waals surface area contributed by atoms with Crippen LogP contribution in [0.1, 0.15) is 33.6 Å². The Morgan fingerprint density at radius 2 is 2.00 bits per heavy atom. The van der Waals surface area contributed by atoms with Gasteiger partial charge in [0.05, 0.1) is 12.6 Å². The molecule has 4 nitrogen and oxygen atoms in total. The summed E-state index contributed by atoms with van der Waals surface area (Å²) in [6.07, 6.45) is 0.527. The van der Waals surface area contributed by atoms with Gasteiger partial charge in [-0.15, -0.1) is 0 Å². The van der Waals surface area contributed by atoms with Crippen LogP contribution in [0.3, 0.4) is 0 Å². The number of rotatable bonds is 7. The first-order chi connectivity index (χ1) is 6.47. The molecule has 0 aromatic carbocycles. The van der Waals surface area contributed by atoms with E-state index in [1.807, 2.05) is 20.8 Å². The zero-order chi connectivity index (χ0) is 11.1. The van der Waals surface area contributed by atoms with Crippen LogP contribution in [-0.4, -0.2) is 30.1 Å². The van der Waals surface area contributed by atoms with Gasteiger partial charge in [-0.05, 0) is 18.8 Å². The zero-order valence-electron chi connectivity index (χ0n) is 9.36. The third-order valence-corrected chi connectivity index (χ3v) is 2.07. The molecule has 0 heterocycles. The van der Waals surface area contributed by atoms with Gasteiger partial charge in [-0.3, -0.25) is 5.73 Å². The summed E-state index contributed by atoms with van der Waals surface area (Å²) in [5.41, 5.74) is 13.1. The topological polar surface area (TPSA) is 79.3 Å². The first kappa shape index (κ1) is 13.8. The van der Waals surface area contributed by atoms with Crippen molar-refractivity contribution in [3.63, 3.8) is 0 Å². The van der Waals surface area contributed by atoms with Gasteiger partial charge in [0.25, 0.3) is 0 Å². The Kier molecular flexibility index (Phi) is 7.09. The molecule has 0 amide bonds. The molecule has 4 N–H and O–H groups in total. The summed E-state index contributed by atoms with van der Waals surface area (Å²) in [7, 11) is 0. The van der Waals surface area contributed by atoms with E-state index in [4.69, 9.17) is 16.2 Å². The number of ether oxygens (including phenoxy) is 1. The molecular weight excluding hydrogens is 180 g/mol. The second kappa shape index (κ2) is 7.17. The molecule has 1 radical (unpaired) electrons. The molecule has 0 spiro atoms. The van der Waals surface area contributed by atoms with Crippen LogP contribution in [0.25, 0.3) is 0 Å². The van der Waals surface area contributed by atoms with Gasteiger partial charge in [0.15, 0.2) is 6.29 Å². The number of hydrogen-bond donors (Lipinski definition) is 2. The molecule has 3 atom stereocenters. The molecule has 4 heteroatoms. The van der Waals surface area contributed by atoms with Crippen LogP contribution in [0.4, 0.5) is 0 Å². The third kappa shape index (κ3) is 6.32. The van der Waals surface area contributed by atoms with Crippen molar-refractivity contribution in [1.29, 1.82) is 0 Å². The molecule has 0 saturated carbocycles. The predicted octanol–water partition coefficient (Wildman–Crippen LogP) is 0.756. The molecule has 85 valence electrons. The number of hydrogen-bond acceptors (Lipinski definition) is 3. The van der Waals surface area contributed by atoms with Gasteiger partial charge >= 0.3 is 0 Å². The largest absolute Gasteiger partial charge is 0.367 e. The van der Waals surface area contributed by atoms with Gasteiger partial charge in [-0.25, -0.2) is 0 Å². The fourth-order valence-electron chi connectivity index (χ4n) is 1.12. The van der Waals surface area contributed by atoms with Gasteiger partial charge in [-0.1, -0.05) is 20.8 Å². The van der Waals surface area contributed by atoms with Crippen LogP contribution in [0.2, 0.25) is 0 Å². The lowest BCUT2D eigenvalue weighted by Gasteiger charge is -2.21. The van der Waals surface area contributed by atoms with E-state index >= 15 is 0 Å². The van der Waals surface area contributed by atoms with Crippen molar-refractivity contribution in [3.05, 3.63) is 0 Å². The fourth-order valence-corrected chi connectivity index (χ4v) is 1.12. The van der Waals surface area contributed by atoms with Crippen molar-refractivity contribution in [2.24, 2.45) is 11.7 Å². The number of aliphatic hydroxyl groups excluding tert-OH is 1. The number of nitrogens with one attached hydrogen (secondary N) is 1. The van der Waals surface area contributed by atoms with E-state index in [0.29, 0.717) is 5.92 Å². The Hall–Kier alpha value is -0.160. The maximum atomic E-state index is 9.48. The SMILES string of the molecule is CC[C@H]([NH])COC(O)[C@@H](N)CC(C)C. The van der Waals surface area contributed by atoms with Crippen LogP contribution in [0.5, 0.6) is 0 Å². The number of aliphatic hydroxyl groups is 1. The van der Waals surface area contributed by atoms with E-state index in [-0.39, 0.29) is 18.7 Å². The molecule has 0 saturated heterocycles. The van der Waals surface area contributed by atoms with Crippen LogP contribution < -0.4 is 11.5 Å². The van der Waals surface area contributed by atoms with E-state index in [1.165, 1.54) is 0 Å². The summed E-state index contributed by atoms with van der Waals surface area (Å²) in [5.74, 6) is 0.446. The summed E-state index contributed by atoms with van der Waals surface area (Å²) < 4.78 is 5.10. The highest BCUT2D eigenvalue weighted by Gasteiger charge is 2.17. The lowest BCUT2D eigenvalue weighted by Crippen LogP contribution is -2.39. The summed E-state index contributed by atoms with van der Waals surface area (Å²) in [5, 5.41) is 9.48. The van der Waals surface area contributed by atoms with Gasteiger partial charge in [0, 0.05) is 6.04 Å². The molecule has 0 fully saturated rings. The summed E-state index contributed by atoms with van der Waals surface area (Å²) in [4.78, 5) is 0. The molecule has 0 aliphatic rings. The molecule has 1 unspecified atom stereocenters. The highest BCUT2D eigenvalue weighted by Crippen LogP contribution is 2.07. The Morgan fingerprint density at radius 3 is 2.43 bits per heavy atom. The van der Waals surface area contributed by atoms with Crippen molar-refractivity contribution in [2.45, 2.75) is 52.0 Å². The van der Waals surface area contributed by atoms with Gasteiger partial charge in [-0.2, -0.15) is 0 Å². The van der Waals surface area contributed by atoms with Gasteiger partial charge in [0.2, 0.25) is 0 Å². The molecule has 14 heavy (non-hydrogen) atoms. The normalized spacial score (nSPS) is 18.2. The lowest BCUT2D eigenvalue weighted by atomic mass is 10.0. The second-order valence-corrected chi connectivity index (χ2v) is 4.12. The van der Waals surface area contributed by atoms with Crippen molar-refractivity contribution in [3.8, 4) is 0 Å². The van der Waals surface area contributed by atoms with Gasteiger partial charge in [0.1, 0.15) is 0 Å². The predicted molar refractivity (Wildman–Crippen MR) is 56.6 cm³/mol. The highest BCUT2D eigenvalue weighted by molar-refractivity contribution is 4.67. The van der Waals surface area contributed by atoms with Crippen molar-refractivity contribution >= 4 is 0 Å². The third-order valence-electron chi connectivity index (χ3n) is 2.07. The van der Waals surface area contributed by atoms with E-state index in [9.17, 15) is 5.11 Å². The van der Waals surface area contributed by atoms with Crippen LogP contribution >= 0.6 is 0 Å². The van der Waals surface area contributed by atoms with E-state index < -0.39 is 6.29 Å². The maximum Gasteiger partial charge on any atom is 0.169 e. The molecular formula is C10H23N2O2. The van der Waals surface area contributed by atoms with E-state index in [2.05, 4.69) is 0 Å². The molecule has 0 bridgehead atoms. The molecule has 0 rings (SSSR count). The van der Waals surface area contributed by atoms with Crippen molar-refractivity contribution in [1.82, 2.24) is 5.73 Å². The summed E-state index contributed by atoms with van der Waals surface area (Å²) in [6, 6.07) is -0.616. The van der Waals surface area contributed by atoms with Crippen molar-refractivity contribution < 1.29 is 9.84 Å². The average molecular weight is 203 g/mol. The molecule has 0 aliphatic heterocycles. The van der Waals surface area contributed by atoms with E-state index in [1.54, 1.807) is 0 Å². The molecule has 0 aromatic heterocycles. The summed E-state index contributed by atoms with van der Waals surface area (Å²) in [6.45, 7) is 6.27. The van der Waals surface area contributed by atoms with E-state index in [0.717, 1.165) is 12.8 Å². The standard InChI is InChI=1S/C10H23N2O2/c1-4-8(11)6-14-10(13)9(12)5-7(2)3/h7-11,13H,4-6,12H2,1-3H3/t8-,9-,10?/m0/s1. The Labute approximate surface area is 86.6 Å². The fraction of sp³-hybridized carbons (Fsp3) is 1.00. The molecule has 0 aromatic rings. The Morgan fingerprint density at radius 1 is 1.43 bits per heavy atom. The first-order valence-corrected chi connectivity index (χ1v) is 5.23. The highest BCUT2D eigenvalue weighted by atomic mass is 16.6. The van der Waals surface area contributed by atoms with Crippen molar-refractivity contribution in [2.75, 3.05) is 6.61 Å². The number of nitrogens with two attached hydrogens (primary N) is 1. The monoisotopic (exact) mass is 203 g/mol. The minimum absolute atomic E-state index is 0.253. The minimum atomic E-state index is -0.934. The Bertz CT molecular complexity index is 142. The van der Waals surface area contributed by atoms with Crippen LogP contribution in [0, 0.1) is 5.92 Å². The average Bonchev–Trinajstić information content (AvgIpc) is 2.12. The first-order valence-electron chi connectivity index (χ1n) is 5.23. The quantitative estimate of drug-likeness (QED) is 0.599. The lowest BCUT2D eigenvalue weighted by molar-refractivity contribution is -0.119. The summed E-state index contributed by atoms with van der Waals surface area (Å²) >= 11 is 0. The smallest absolute Gasteiger partial charge is 0.169 e. The Balaban J connectivity index is 3.66.